The third-order valence-corrected chi connectivity index (χ3v) is 4.31. The van der Waals surface area contributed by atoms with Crippen LogP contribution in [0.1, 0.15) is 29.2 Å². The number of nitrogens with two attached hydrogens (primary N) is 2. The fraction of sp³-hybridized carbons (Fsp3) is 0.250. The van der Waals surface area contributed by atoms with Crippen LogP contribution in [0.15, 0.2) is 41.9 Å². The molecule has 0 saturated carbocycles. The number of nitrogens with zero attached hydrogens (tertiary/aromatic N) is 1. The Morgan fingerprint density at radius 2 is 1.96 bits per heavy atom. The van der Waals surface area contributed by atoms with E-state index in [1.165, 1.54) is 12.1 Å². The van der Waals surface area contributed by atoms with Crippen LogP contribution in [-0.2, 0) is 6.42 Å². The first kappa shape index (κ1) is 19.2. The molecular weight excluding hydrogens is 337 g/mol. The Morgan fingerprint density at radius 1 is 1.28 bits per heavy atom. The summed E-state index contributed by atoms with van der Waals surface area (Å²) in [6, 6.07) is 7.89. The van der Waals surface area contributed by atoms with Crippen molar-refractivity contribution in [2.45, 2.75) is 33.2 Å². The lowest BCUT2D eigenvalue weighted by molar-refractivity contribution is 0.623. The molecule has 0 unspecified atom stereocenters. The van der Waals surface area contributed by atoms with Crippen molar-refractivity contribution in [3.8, 4) is 0 Å². The molecule has 0 heterocycles. The Balaban J connectivity index is 2.29. The minimum absolute atomic E-state index is 0.280. The second-order valence-electron chi connectivity index (χ2n) is 6.33. The van der Waals surface area contributed by atoms with Gasteiger partial charge in [-0.2, -0.15) is 0 Å². The first-order chi connectivity index (χ1) is 11.7. The lowest BCUT2D eigenvalue weighted by Gasteiger charge is -2.14. The van der Waals surface area contributed by atoms with E-state index in [1.807, 2.05) is 26.8 Å². The summed E-state index contributed by atoms with van der Waals surface area (Å²) in [7, 11) is 0. The number of aliphatic imine (C=N–C) groups is 1. The minimum atomic E-state index is -0.510. The second-order valence-corrected chi connectivity index (χ2v) is 6.74. The lowest BCUT2D eigenvalue weighted by atomic mass is 10.0. The van der Waals surface area contributed by atoms with E-state index in [0.717, 1.165) is 27.8 Å². The minimum Gasteiger partial charge on any atom is -0.386 e. The molecule has 5 heteroatoms. The van der Waals surface area contributed by atoms with Crippen LogP contribution in [0.2, 0.25) is 5.02 Å². The van der Waals surface area contributed by atoms with Gasteiger partial charge in [-0.3, -0.25) is 0 Å². The molecule has 2 aromatic rings. The van der Waals surface area contributed by atoms with Crippen molar-refractivity contribution in [1.29, 1.82) is 0 Å². The number of halogens is 2. The van der Waals surface area contributed by atoms with E-state index in [4.69, 9.17) is 23.1 Å². The molecule has 0 aromatic heterocycles. The Bertz CT molecular complexity index is 823. The van der Waals surface area contributed by atoms with Crippen molar-refractivity contribution < 1.29 is 4.39 Å². The first-order valence-corrected chi connectivity index (χ1v) is 8.37. The topological polar surface area (TPSA) is 64.4 Å². The zero-order valence-electron chi connectivity index (χ0n) is 14.7. The highest BCUT2D eigenvalue weighted by Gasteiger charge is 2.13. The molecule has 0 spiro atoms. The van der Waals surface area contributed by atoms with Gasteiger partial charge >= 0.3 is 0 Å². The summed E-state index contributed by atoms with van der Waals surface area (Å²) in [6.45, 7) is 9.60. The predicted molar refractivity (Wildman–Crippen MR) is 105 cm³/mol. The van der Waals surface area contributed by atoms with Crippen molar-refractivity contribution in [1.82, 2.24) is 0 Å². The van der Waals surface area contributed by atoms with Gasteiger partial charge in [0.1, 0.15) is 11.7 Å². The summed E-state index contributed by atoms with van der Waals surface area (Å²) in [5, 5.41) is 0.627. The van der Waals surface area contributed by atoms with E-state index in [9.17, 15) is 4.39 Å². The highest BCUT2D eigenvalue weighted by Crippen LogP contribution is 2.32. The highest BCUT2D eigenvalue weighted by atomic mass is 35.5. The van der Waals surface area contributed by atoms with Gasteiger partial charge < -0.3 is 11.5 Å². The van der Waals surface area contributed by atoms with Gasteiger partial charge in [0.15, 0.2) is 0 Å². The molecule has 0 bridgehead atoms. The maximum Gasteiger partial charge on any atom is 0.123 e. The van der Waals surface area contributed by atoms with E-state index in [-0.39, 0.29) is 5.82 Å². The average Bonchev–Trinajstić information content (AvgIpc) is 2.48. The molecule has 0 aliphatic rings. The van der Waals surface area contributed by atoms with Gasteiger partial charge in [-0.25, -0.2) is 9.38 Å². The van der Waals surface area contributed by atoms with E-state index >= 15 is 0 Å². The van der Waals surface area contributed by atoms with Crippen molar-refractivity contribution in [3.63, 3.8) is 0 Å². The average molecular weight is 360 g/mol. The Hall–Kier alpha value is -2.17. The first-order valence-electron chi connectivity index (χ1n) is 7.99. The standard InChI is InChI=1S/C20H23ClFN3/c1-11(2)19-13(4)18(6-5-16(19)21)25-20(24)17(23)10-14-7-12(3)8-15(22)9-14/h5-9,17H,1,10,23H2,2-4H3,(H2,24,25)/t17-/m0/s1. The normalized spacial score (nSPS) is 13.0. The van der Waals surface area contributed by atoms with Crippen molar-refractivity contribution >= 4 is 28.7 Å². The smallest absolute Gasteiger partial charge is 0.123 e. The van der Waals surface area contributed by atoms with Gasteiger partial charge in [0, 0.05) is 10.6 Å². The van der Waals surface area contributed by atoms with Gasteiger partial charge in [-0.05, 0) is 73.7 Å². The van der Waals surface area contributed by atoms with Gasteiger partial charge in [-0.15, -0.1) is 0 Å². The fourth-order valence-corrected chi connectivity index (χ4v) is 3.19. The number of rotatable bonds is 5. The fourth-order valence-electron chi connectivity index (χ4n) is 2.82. The molecule has 1 atom stereocenters. The maximum absolute atomic E-state index is 13.5. The van der Waals surface area contributed by atoms with Crippen molar-refractivity contribution in [2.75, 3.05) is 0 Å². The van der Waals surface area contributed by atoms with E-state index in [1.54, 1.807) is 12.1 Å². The van der Waals surface area contributed by atoms with E-state index < -0.39 is 6.04 Å². The van der Waals surface area contributed by atoms with Crippen LogP contribution < -0.4 is 11.5 Å². The largest absolute Gasteiger partial charge is 0.386 e. The quantitative estimate of drug-likeness (QED) is 0.601. The van der Waals surface area contributed by atoms with Gasteiger partial charge in [0.05, 0.1) is 11.7 Å². The zero-order chi connectivity index (χ0) is 18.7. The third kappa shape index (κ3) is 4.68. The predicted octanol–water partition coefficient (Wildman–Crippen LogP) is 4.69. The number of hydrogen-bond donors (Lipinski definition) is 2. The number of amidine groups is 1. The number of allylic oxidation sites excluding steroid dienone is 1. The molecule has 0 aliphatic heterocycles. The summed E-state index contributed by atoms with van der Waals surface area (Å²) < 4.78 is 13.5. The molecule has 0 amide bonds. The number of benzene rings is 2. The van der Waals surface area contributed by atoms with E-state index in [2.05, 4.69) is 11.6 Å². The summed E-state index contributed by atoms with van der Waals surface area (Å²) >= 11 is 6.23. The molecule has 0 radical (unpaired) electrons. The third-order valence-electron chi connectivity index (χ3n) is 4.00. The zero-order valence-corrected chi connectivity index (χ0v) is 15.5. The molecule has 2 aromatic carbocycles. The van der Waals surface area contributed by atoms with Crippen LogP contribution in [0, 0.1) is 19.7 Å². The van der Waals surface area contributed by atoms with Crippen molar-refractivity contribution in [2.24, 2.45) is 16.5 Å². The molecule has 132 valence electrons. The number of aryl methyl sites for hydroxylation is 1. The Labute approximate surface area is 153 Å². The molecule has 2 rings (SSSR count). The van der Waals surface area contributed by atoms with Crippen LogP contribution >= 0.6 is 11.6 Å². The molecule has 0 aliphatic carbocycles. The molecular formula is C20H23ClFN3. The summed E-state index contributed by atoms with van der Waals surface area (Å²) in [5.74, 6) is 0.0114. The highest BCUT2D eigenvalue weighted by molar-refractivity contribution is 6.32. The van der Waals surface area contributed by atoms with Gasteiger partial charge in [0.25, 0.3) is 0 Å². The summed E-state index contributed by atoms with van der Waals surface area (Å²) in [6.07, 6.45) is 0.411. The molecule has 0 saturated heterocycles. The molecule has 0 fully saturated rings. The second kappa shape index (κ2) is 7.81. The van der Waals surface area contributed by atoms with Gasteiger partial charge in [-0.1, -0.05) is 24.2 Å². The van der Waals surface area contributed by atoms with Crippen LogP contribution in [0.25, 0.3) is 5.57 Å². The molecule has 25 heavy (non-hydrogen) atoms. The molecule has 4 N–H and O–H groups in total. The van der Waals surface area contributed by atoms with Crippen LogP contribution in [0.4, 0.5) is 10.1 Å². The van der Waals surface area contributed by atoms with Gasteiger partial charge in [0.2, 0.25) is 0 Å². The lowest BCUT2D eigenvalue weighted by Crippen LogP contribution is -2.38. The summed E-state index contributed by atoms with van der Waals surface area (Å²) in [4.78, 5) is 4.46. The van der Waals surface area contributed by atoms with E-state index in [0.29, 0.717) is 23.0 Å². The Kier molecular flexibility index (Phi) is 5.98. The van der Waals surface area contributed by atoms with Crippen LogP contribution in [0.5, 0.6) is 0 Å². The number of hydrogen-bond acceptors (Lipinski definition) is 2. The van der Waals surface area contributed by atoms with Crippen LogP contribution in [0.3, 0.4) is 0 Å². The van der Waals surface area contributed by atoms with Crippen LogP contribution in [-0.4, -0.2) is 11.9 Å². The monoisotopic (exact) mass is 359 g/mol. The molecule has 3 nitrogen and oxygen atoms in total. The maximum atomic E-state index is 13.5. The SMILES string of the molecule is C=C(C)c1c(Cl)ccc(N=C(N)[C@@H](N)Cc2cc(C)cc(F)c2)c1C. The summed E-state index contributed by atoms with van der Waals surface area (Å²) in [5.41, 5.74) is 17.2. The Morgan fingerprint density at radius 3 is 2.56 bits per heavy atom. The van der Waals surface area contributed by atoms with Crippen molar-refractivity contribution in [3.05, 3.63) is 70.0 Å².